The zero-order valence-corrected chi connectivity index (χ0v) is 21.2. The second kappa shape index (κ2) is 10.7. The topological polar surface area (TPSA) is 66.0 Å². The summed E-state index contributed by atoms with van der Waals surface area (Å²) in [6, 6.07) is 9.33. The van der Waals surface area contributed by atoms with Crippen LogP contribution in [0.2, 0.25) is 0 Å². The summed E-state index contributed by atoms with van der Waals surface area (Å²) >= 11 is 0. The molecule has 0 spiro atoms. The van der Waals surface area contributed by atoms with Crippen LogP contribution in [0.3, 0.4) is 0 Å². The van der Waals surface area contributed by atoms with E-state index in [-0.39, 0.29) is 42.2 Å². The van der Waals surface area contributed by atoms with E-state index >= 15 is 0 Å². The Bertz CT molecular complexity index is 733. The number of amides is 1. The number of nitrogens with one attached hydrogen (secondary N) is 2. The number of nitrogens with zero attached hydrogens (tertiary/aromatic N) is 2. The van der Waals surface area contributed by atoms with E-state index in [9.17, 15) is 4.79 Å². The average molecular weight is 528 g/mol. The Labute approximate surface area is 198 Å². The molecule has 2 unspecified atom stereocenters. The van der Waals surface area contributed by atoms with E-state index in [4.69, 9.17) is 4.74 Å². The SMILES string of the molecule is CCc1ccccc1CNC(=NC)NC1CC2CCC(C1)N2C(=O)OC(C)(C)C.I. The van der Waals surface area contributed by atoms with Crippen LogP contribution in [0.15, 0.2) is 29.3 Å². The molecule has 0 aromatic heterocycles. The zero-order valence-electron chi connectivity index (χ0n) is 18.9. The lowest BCUT2D eigenvalue weighted by molar-refractivity contribution is 0.00545. The van der Waals surface area contributed by atoms with Crippen LogP contribution in [-0.2, 0) is 17.7 Å². The minimum atomic E-state index is -0.452. The molecule has 7 heteroatoms. The summed E-state index contributed by atoms with van der Waals surface area (Å²) < 4.78 is 5.64. The van der Waals surface area contributed by atoms with Gasteiger partial charge in [0.05, 0.1) is 0 Å². The second-order valence-electron chi connectivity index (χ2n) is 9.13. The first-order valence-corrected chi connectivity index (χ1v) is 10.9. The maximum atomic E-state index is 12.6. The van der Waals surface area contributed by atoms with Crippen LogP contribution in [0, 0.1) is 0 Å². The summed E-state index contributed by atoms with van der Waals surface area (Å²) in [6.45, 7) is 8.71. The number of carbonyl (C=O) groups is 1. The van der Waals surface area contributed by atoms with Crippen molar-refractivity contribution in [2.24, 2.45) is 4.99 Å². The molecule has 168 valence electrons. The molecule has 0 saturated carbocycles. The molecule has 1 aromatic rings. The van der Waals surface area contributed by atoms with Gasteiger partial charge in [-0.3, -0.25) is 4.99 Å². The maximum Gasteiger partial charge on any atom is 0.410 e. The summed E-state index contributed by atoms with van der Waals surface area (Å²) in [5, 5.41) is 7.04. The molecular weight excluding hydrogens is 491 g/mol. The van der Waals surface area contributed by atoms with E-state index < -0.39 is 5.60 Å². The summed E-state index contributed by atoms with van der Waals surface area (Å²) in [7, 11) is 1.81. The number of rotatable bonds is 4. The number of guanidine groups is 1. The molecule has 2 bridgehead atoms. The van der Waals surface area contributed by atoms with Gasteiger partial charge < -0.3 is 20.3 Å². The average Bonchev–Trinajstić information content (AvgIpc) is 2.95. The van der Waals surface area contributed by atoms with Crippen molar-refractivity contribution < 1.29 is 9.53 Å². The largest absolute Gasteiger partial charge is 0.444 e. The third kappa shape index (κ3) is 6.25. The Balaban J connectivity index is 0.00000320. The number of hydrogen-bond acceptors (Lipinski definition) is 3. The van der Waals surface area contributed by atoms with Crippen LogP contribution in [0.4, 0.5) is 4.79 Å². The zero-order chi connectivity index (χ0) is 21.0. The van der Waals surface area contributed by atoms with Gasteiger partial charge in [0.1, 0.15) is 5.60 Å². The van der Waals surface area contributed by atoms with E-state index in [0.717, 1.165) is 44.6 Å². The quantitative estimate of drug-likeness (QED) is 0.344. The van der Waals surface area contributed by atoms with Crippen LogP contribution in [-0.4, -0.2) is 47.7 Å². The molecule has 1 aromatic carbocycles. The Morgan fingerprint density at radius 1 is 1.17 bits per heavy atom. The van der Waals surface area contributed by atoms with Crippen LogP contribution in [0.1, 0.15) is 64.5 Å². The van der Waals surface area contributed by atoms with Crippen LogP contribution < -0.4 is 10.6 Å². The standard InChI is InChI=1S/C23H36N4O2.HI/c1-6-16-9-7-8-10-17(16)15-25-21(24-5)26-18-13-19-11-12-20(14-18)27(19)22(28)29-23(2,3)4;/h7-10,18-20H,6,11-15H2,1-5H3,(H2,24,25,26);1H. The highest BCUT2D eigenvalue weighted by Gasteiger charge is 2.45. The highest BCUT2D eigenvalue weighted by atomic mass is 127. The number of fused-ring (bicyclic) bond motifs is 2. The van der Waals surface area contributed by atoms with Crippen molar-refractivity contribution in [1.29, 1.82) is 0 Å². The minimum absolute atomic E-state index is 0. The number of benzene rings is 1. The normalized spacial score (nSPS) is 23.6. The molecule has 2 saturated heterocycles. The van der Waals surface area contributed by atoms with Crippen molar-refractivity contribution >= 4 is 36.0 Å². The molecule has 2 atom stereocenters. The van der Waals surface area contributed by atoms with Crippen molar-refractivity contribution in [2.75, 3.05) is 7.05 Å². The number of ether oxygens (including phenoxy) is 1. The van der Waals surface area contributed by atoms with Gasteiger partial charge >= 0.3 is 6.09 Å². The first kappa shape index (κ1) is 24.8. The van der Waals surface area contributed by atoms with Crippen LogP contribution >= 0.6 is 24.0 Å². The van der Waals surface area contributed by atoms with Crippen molar-refractivity contribution in [2.45, 2.75) is 90.1 Å². The fourth-order valence-electron chi connectivity index (χ4n) is 4.55. The van der Waals surface area contributed by atoms with Gasteiger partial charge in [-0.05, 0) is 64.0 Å². The van der Waals surface area contributed by atoms with E-state index in [2.05, 4.69) is 46.8 Å². The van der Waals surface area contributed by atoms with E-state index in [1.807, 2.05) is 32.7 Å². The fraction of sp³-hybridized carbons (Fsp3) is 0.652. The molecule has 0 aliphatic carbocycles. The van der Waals surface area contributed by atoms with Crippen molar-refractivity contribution in [3.8, 4) is 0 Å². The van der Waals surface area contributed by atoms with Crippen LogP contribution in [0.5, 0.6) is 0 Å². The second-order valence-corrected chi connectivity index (χ2v) is 9.13. The molecule has 2 N–H and O–H groups in total. The molecule has 6 nitrogen and oxygen atoms in total. The molecule has 2 aliphatic rings. The molecular formula is C23H37IN4O2. The first-order chi connectivity index (χ1) is 13.8. The Morgan fingerprint density at radius 3 is 2.30 bits per heavy atom. The lowest BCUT2D eigenvalue weighted by atomic mass is 9.98. The number of halogens is 1. The highest BCUT2D eigenvalue weighted by Crippen LogP contribution is 2.36. The first-order valence-electron chi connectivity index (χ1n) is 10.9. The molecule has 2 heterocycles. The third-order valence-electron chi connectivity index (χ3n) is 5.85. The van der Waals surface area contributed by atoms with Gasteiger partial charge in [-0.2, -0.15) is 0 Å². The van der Waals surface area contributed by atoms with Gasteiger partial charge in [-0.15, -0.1) is 24.0 Å². The van der Waals surface area contributed by atoms with Gasteiger partial charge in [-0.25, -0.2) is 4.79 Å². The summed E-state index contributed by atoms with van der Waals surface area (Å²) in [5.74, 6) is 0.825. The number of hydrogen-bond donors (Lipinski definition) is 2. The molecule has 3 rings (SSSR count). The lowest BCUT2D eigenvalue weighted by Crippen LogP contribution is -2.54. The number of carbonyl (C=O) groups excluding carboxylic acids is 1. The lowest BCUT2D eigenvalue weighted by Gasteiger charge is -2.40. The van der Waals surface area contributed by atoms with E-state index in [0.29, 0.717) is 6.04 Å². The van der Waals surface area contributed by atoms with Crippen molar-refractivity contribution in [3.05, 3.63) is 35.4 Å². The number of aryl methyl sites for hydroxylation is 1. The van der Waals surface area contributed by atoms with Crippen molar-refractivity contribution in [3.63, 3.8) is 0 Å². The van der Waals surface area contributed by atoms with Gasteiger partial charge in [0.15, 0.2) is 5.96 Å². The van der Waals surface area contributed by atoms with E-state index in [1.54, 1.807) is 0 Å². The van der Waals surface area contributed by atoms with Gasteiger partial charge in [-0.1, -0.05) is 31.2 Å². The molecule has 2 fully saturated rings. The smallest absolute Gasteiger partial charge is 0.410 e. The number of aliphatic imine (C=N–C) groups is 1. The monoisotopic (exact) mass is 528 g/mol. The maximum absolute atomic E-state index is 12.6. The predicted molar refractivity (Wildman–Crippen MR) is 132 cm³/mol. The fourth-order valence-corrected chi connectivity index (χ4v) is 4.55. The Hall–Kier alpha value is -1.51. The third-order valence-corrected chi connectivity index (χ3v) is 5.85. The molecule has 0 radical (unpaired) electrons. The predicted octanol–water partition coefficient (Wildman–Crippen LogP) is 4.46. The summed E-state index contributed by atoms with van der Waals surface area (Å²) in [4.78, 5) is 19.0. The highest BCUT2D eigenvalue weighted by molar-refractivity contribution is 14.0. The van der Waals surface area contributed by atoms with Gasteiger partial charge in [0, 0.05) is 31.7 Å². The van der Waals surface area contributed by atoms with Crippen LogP contribution in [0.25, 0.3) is 0 Å². The summed E-state index contributed by atoms with van der Waals surface area (Å²) in [6.07, 6.45) is 4.83. The molecule has 1 amide bonds. The molecule has 30 heavy (non-hydrogen) atoms. The Morgan fingerprint density at radius 2 is 1.77 bits per heavy atom. The van der Waals surface area contributed by atoms with Gasteiger partial charge in [0.25, 0.3) is 0 Å². The number of piperidine rings is 1. The van der Waals surface area contributed by atoms with Gasteiger partial charge in [0.2, 0.25) is 0 Å². The Kier molecular flexibility index (Phi) is 8.82. The van der Waals surface area contributed by atoms with E-state index in [1.165, 1.54) is 11.1 Å². The summed E-state index contributed by atoms with van der Waals surface area (Å²) in [5.41, 5.74) is 2.21. The van der Waals surface area contributed by atoms with Crippen molar-refractivity contribution in [1.82, 2.24) is 15.5 Å². The minimum Gasteiger partial charge on any atom is -0.444 e. The molecule has 2 aliphatic heterocycles.